The van der Waals surface area contributed by atoms with Crippen LogP contribution < -0.4 is 15.6 Å². The number of nitrogens with one attached hydrogen (secondary N) is 2. The second kappa shape index (κ2) is 8.11. The summed E-state index contributed by atoms with van der Waals surface area (Å²) < 4.78 is 5.32. The second-order valence-corrected chi connectivity index (χ2v) is 5.41. The standard InChI is InChI=1S/C16H14ClN3O5/c1-10-8-11(17)6-7-14(10)25-9-15(21)18-19-16(22)12-4-2-3-5-13(12)20(23)24/h2-8H,9H2,1H3,(H,18,21)(H,19,22). The fourth-order valence-corrected chi connectivity index (χ4v) is 2.20. The Labute approximate surface area is 147 Å². The van der Waals surface area contributed by atoms with Gasteiger partial charge in [0, 0.05) is 11.1 Å². The number of nitro benzene ring substituents is 1. The number of rotatable bonds is 5. The van der Waals surface area contributed by atoms with Gasteiger partial charge in [-0.25, -0.2) is 0 Å². The summed E-state index contributed by atoms with van der Waals surface area (Å²) in [7, 11) is 0. The van der Waals surface area contributed by atoms with E-state index in [4.69, 9.17) is 16.3 Å². The monoisotopic (exact) mass is 363 g/mol. The summed E-state index contributed by atoms with van der Waals surface area (Å²) in [6.07, 6.45) is 0. The molecule has 2 aromatic rings. The molecule has 2 N–H and O–H groups in total. The molecule has 2 amide bonds. The Kier molecular flexibility index (Phi) is 5.91. The van der Waals surface area contributed by atoms with Crippen molar-refractivity contribution in [1.29, 1.82) is 0 Å². The molecule has 9 heteroatoms. The maximum Gasteiger partial charge on any atom is 0.282 e. The molecule has 0 fully saturated rings. The van der Waals surface area contributed by atoms with Crippen molar-refractivity contribution in [2.24, 2.45) is 0 Å². The number of nitro groups is 1. The van der Waals surface area contributed by atoms with Gasteiger partial charge in [0.1, 0.15) is 11.3 Å². The Morgan fingerprint density at radius 2 is 1.92 bits per heavy atom. The molecule has 0 aliphatic carbocycles. The van der Waals surface area contributed by atoms with Crippen LogP contribution in [0.1, 0.15) is 15.9 Å². The van der Waals surface area contributed by atoms with Crippen LogP contribution in [0.25, 0.3) is 0 Å². The highest BCUT2D eigenvalue weighted by Crippen LogP contribution is 2.21. The van der Waals surface area contributed by atoms with Crippen LogP contribution in [-0.2, 0) is 4.79 Å². The molecule has 0 aliphatic heterocycles. The molecule has 2 rings (SSSR count). The van der Waals surface area contributed by atoms with Gasteiger partial charge in [0.25, 0.3) is 17.5 Å². The summed E-state index contributed by atoms with van der Waals surface area (Å²) in [5.74, 6) is -0.950. The van der Waals surface area contributed by atoms with Crippen molar-refractivity contribution in [2.45, 2.75) is 6.92 Å². The third-order valence-corrected chi connectivity index (χ3v) is 3.39. The van der Waals surface area contributed by atoms with Crippen LogP contribution in [0.5, 0.6) is 5.75 Å². The average molecular weight is 364 g/mol. The number of hydrogen-bond acceptors (Lipinski definition) is 5. The van der Waals surface area contributed by atoms with Crippen LogP contribution in [0.4, 0.5) is 5.69 Å². The van der Waals surface area contributed by atoms with E-state index in [1.165, 1.54) is 24.3 Å². The lowest BCUT2D eigenvalue weighted by Gasteiger charge is -2.10. The molecule has 0 saturated heterocycles. The molecule has 25 heavy (non-hydrogen) atoms. The number of hydrogen-bond donors (Lipinski definition) is 2. The lowest BCUT2D eigenvalue weighted by atomic mass is 10.2. The molecule has 0 bridgehead atoms. The minimum atomic E-state index is -0.802. The fourth-order valence-electron chi connectivity index (χ4n) is 1.97. The number of aryl methyl sites for hydroxylation is 1. The molecule has 130 valence electrons. The lowest BCUT2D eigenvalue weighted by Crippen LogP contribution is -2.44. The van der Waals surface area contributed by atoms with Crippen LogP contribution in [0.2, 0.25) is 5.02 Å². The largest absolute Gasteiger partial charge is 0.483 e. The van der Waals surface area contributed by atoms with E-state index in [1.54, 1.807) is 25.1 Å². The van der Waals surface area contributed by atoms with Crippen molar-refractivity contribution in [3.63, 3.8) is 0 Å². The molecule has 0 atom stereocenters. The molecule has 0 radical (unpaired) electrons. The van der Waals surface area contributed by atoms with E-state index in [9.17, 15) is 19.7 Å². The molecule has 0 aliphatic rings. The van der Waals surface area contributed by atoms with Gasteiger partial charge in [-0.05, 0) is 36.8 Å². The minimum absolute atomic E-state index is 0.165. The van der Waals surface area contributed by atoms with Gasteiger partial charge in [0.05, 0.1) is 4.92 Å². The predicted molar refractivity (Wildman–Crippen MR) is 90.4 cm³/mol. The van der Waals surface area contributed by atoms with Gasteiger partial charge >= 0.3 is 0 Å². The van der Waals surface area contributed by atoms with Crippen molar-refractivity contribution in [3.05, 3.63) is 68.7 Å². The first-order valence-corrected chi connectivity index (χ1v) is 7.48. The van der Waals surface area contributed by atoms with Gasteiger partial charge < -0.3 is 4.74 Å². The second-order valence-electron chi connectivity index (χ2n) is 4.98. The third-order valence-electron chi connectivity index (χ3n) is 3.16. The smallest absolute Gasteiger partial charge is 0.282 e. The fraction of sp³-hybridized carbons (Fsp3) is 0.125. The van der Waals surface area contributed by atoms with Crippen LogP contribution in [0.3, 0.4) is 0 Å². The highest BCUT2D eigenvalue weighted by molar-refractivity contribution is 6.30. The first-order valence-electron chi connectivity index (χ1n) is 7.10. The first-order chi connectivity index (χ1) is 11.9. The highest BCUT2D eigenvalue weighted by Gasteiger charge is 2.19. The number of benzene rings is 2. The normalized spacial score (nSPS) is 10.0. The summed E-state index contributed by atoms with van der Waals surface area (Å²) in [6.45, 7) is 1.43. The Bertz CT molecular complexity index is 825. The molecular formula is C16H14ClN3O5. The van der Waals surface area contributed by atoms with Crippen molar-refractivity contribution in [1.82, 2.24) is 10.9 Å². The zero-order valence-electron chi connectivity index (χ0n) is 13.1. The number of halogens is 1. The average Bonchev–Trinajstić information content (AvgIpc) is 2.58. The Balaban J connectivity index is 1.90. The van der Waals surface area contributed by atoms with E-state index in [2.05, 4.69) is 10.9 Å². The predicted octanol–water partition coefficient (Wildman–Crippen LogP) is 2.40. The van der Waals surface area contributed by atoms with Crippen molar-refractivity contribution in [3.8, 4) is 5.75 Å². The zero-order valence-corrected chi connectivity index (χ0v) is 13.9. The number of nitrogens with zero attached hydrogens (tertiary/aromatic N) is 1. The van der Waals surface area contributed by atoms with Gasteiger partial charge in [-0.15, -0.1) is 0 Å². The van der Waals surface area contributed by atoms with Crippen LogP contribution in [-0.4, -0.2) is 23.3 Å². The number of ether oxygens (including phenoxy) is 1. The number of carbonyl (C=O) groups is 2. The van der Waals surface area contributed by atoms with E-state index in [-0.39, 0.29) is 17.9 Å². The minimum Gasteiger partial charge on any atom is -0.483 e. The lowest BCUT2D eigenvalue weighted by molar-refractivity contribution is -0.385. The summed E-state index contributed by atoms with van der Waals surface area (Å²) in [5.41, 5.74) is 4.48. The molecule has 2 aromatic carbocycles. The van der Waals surface area contributed by atoms with Gasteiger partial charge in [0.15, 0.2) is 6.61 Å². The van der Waals surface area contributed by atoms with Crippen LogP contribution >= 0.6 is 11.6 Å². The van der Waals surface area contributed by atoms with Gasteiger partial charge in [-0.2, -0.15) is 0 Å². The molecule has 0 saturated carbocycles. The molecular weight excluding hydrogens is 350 g/mol. The van der Waals surface area contributed by atoms with Crippen molar-refractivity contribution < 1.29 is 19.2 Å². The Morgan fingerprint density at radius 3 is 2.60 bits per heavy atom. The topological polar surface area (TPSA) is 111 Å². The highest BCUT2D eigenvalue weighted by atomic mass is 35.5. The summed E-state index contributed by atoms with van der Waals surface area (Å²) >= 11 is 5.83. The number of para-hydroxylation sites is 1. The molecule has 8 nitrogen and oxygen atoms in total. The number of carbonyl (C=O) groups excluding carboxylic acids is 2. The van der Waals surface area contributed by atoms with E-state index in [0.717, 1.165) is 5.56 Å². The maximum atomic E-state index is 12.0. The Morgan fingerprint density at radius 1 is 1.20 bits per heavy atom. The zero-order chi connectivity index (χ0) is 18.4. The van der Waals surface area contributed by atoms with Crippen molar-refractivity contribution >= 4 is 29.1 Å². The summed E-state index contributed by atoms with van der Waals surface area (Å²) in [6, 6.07) is 10.3. The van der Waals surface area contributed by atoms with E-state index in [1.807, 2.05) is 0 Å². The van der Waals surface area contributed by atoms with Gasteiger partial charge in [-0.3, -0.25) is 30.6 Å². The molecule has 0 unspecified atom stereocenters. The molecule has 0 heterocycles. The molecule has 0 aromatic heterocycles. The van der Waals surface area contributed by atoms with Gasteiger partial charge in [0.2, 0.25) is 0 Å². The summed E-state index contributed by atoms with van der Waals surface area (Å²) in [5, 5.41) is 11.4. The van der Waals surface area contributed by atoms with E-state index >= 15 is 0 Å². The van der Waals surface area contributed by atoms with Crippen LogP contribution in [0.15, 0.2) is 42.5 Å². The van der Waals surface area contributed by atoms with Crippen LogP contribution in [0, 0.1) is 17.0 Å². The Hall–Kier alpha value is -3.13. The third kappa shape index (κ3) is 4.92. The quantitative estimate of drug-likeness (QED) is 0.626. The van der Waals surface area contributed by atoms with Gasteiger partial charge in [-0.1, -0.05) is 23.7 Å². The number of amides is 2. The van der Waals surface area contributed by atoms with Crippen molar-refractivity contribution in [2.75, 3.05) is 6.61 Å². The van der Waals surface area contributed by atoms with E-state index in [0.29, 0.717) is 10.8 Å². The summed E-state index contributed by atoms with van der Waals surface area (Å²) in [4.78, 5) is 33.9. The van der Waals surface area contributed by atoms with E-state index < -0.39 is 16.7 Å². The first kappa shape index (κ1) is 18.2. The molecule has 0 spiro atoms. The maximum absolute atomic E-state index is 12.0. The SMILES string of the molecule is Cc1cc(Cl)ccc1OCC(=O)NNC(=O)c1ccccc1[N+](=O)[O-]. The number of hydrazine groups is 1.